The second kappa shape index (κ2) is 12.5. The molecular weight excluding hydrogens is 448 g/mol. The molecule has 2 aromatic rings. The highest BCUT2D eigenvalue weighted by atomic mass is 35.5. The third-order valence-electron chi connectivity index (χ3n) is 4.94. The lowest BCUT2D eigenvalue weighted by Crippen LogP contribution is -2.56. The van der Waals surface area contributed by atoms with Crippen LogP contribution in [-0.2, 0) is 27.3 Å². The molecule has 1 saturated heterocycles. The van der Waals surface area contributed by atoms with Gasteiger partial charge in [-0.25, -0.2) is 0 Å². The first-order valence-corrected chi connectivity index (χ1v) is 11.9. The number of amides is 3. The lowest BCUT2D eigenvalue weighted by molar-refractivity contribution is -0.125. The maximum atomic E-state index is 12.3. The molecule has 2 unspecified atom stereocenters. The highest BCUT2D eigenvalue weighted by Gasteiger charge is 2.28. The average molecular weight is 475 g/mol. The fourth-order valence-corrected chi connectivity index (χ4v) is 4.42. The molecule has 0 aliphatic carbocycles. The number of hydrogen-bond acceptors (Lipinski definition) is 5. The van der Waals surface area contributed by atoms with E-state index in [9.17, 15) is 14.4 Å². The van der Waals surface area contributed by atoms with E-state index in [0.29, 0.717) is 18.1 Å². The molecule has 3 amide bonds. The Bertz CT molecular complexity index is 928. The molecule has 1 aliphatic heterocycles. The van der Waals surface area contributed by atoms with Crippen molar-refractivity contribution in [3.05, 3.63) is 70.7 Å². The van der Waals surface area contributed by atoms with Crippen LogP contribution in [0.2, 0.25) is 5.02 Å². The molecule has 7 nitrogen and oxygen atoms in total. The number of halogens is 1. The average Bonchev–Trinajstić information content (AvgIpc) is 2.77. The van der Waals surface area contributed by atoms with E-state index in [1.165, 1.54) is 11.8 Å². The summed E-state index contributed by atoms with van der Waals surface area (Å²) < 4.78 is 0. The van der Waals surface area contributed by atoms with E-state index in [1.807, 2.05) is 48.5 Å². The van der Waals surface area contributed by atoms with Crippen molar-refractivity contribution in [2.75, 3.05) is 12.3 Å². The summed E-state index contributed by atoms with van der Waals surface area (Å²) in [6, 6.07) is 17.0. The van der Waals surface area contributed by atoms with E-state index >= 15 is 0 Å². The first-order valence-electron chi connectivity index (χ1n) is 10.5. The highest BCUT2D eigenvalue weighted by Crippen LogP contribution is 2.16. The Balaban J connectivity index is 1.36. The lowest BCUT2D eigenvalue weighted by atomic mass is 10.1. The van der Waals surface area contributed by atoms with E-state index in [1.54, 1.807) is 6.07 Å². The molecule has 2 atom stereocenters. The number of benzene rings is 2. The molecule has 1 aliphatic rings. The molecule has 32 heavy (non-hydrogen) atoms. The smallest absolute Gasteiger partial charge is 0.230 e. The number of hydrogen-bond donors (Lipinski definition) is 4. The summed E-state index contributed by atoms with van der Waals surface area (Å²) in [5.41, 5.74) is 1.58. The van der Waals surface area contributed by atoms with E-state index in [-0.39, 0.29) is 42.4 Å². The summed E-state index contributed by atoms with van der Waals surface area (Å²) in [6.07, 6.45) is 1.19. The molecule has 170 valence electrons. The molecule has 1 fully saturated rings. The van der Waals surface area contributed by atoms with Crippen molar-refractivity contribution in [2.24, 2.45) is 0 Å². The largest absolute Gasteiger partial charge is 0.356 e. The van der Waals surface area contributed by atoms with E-state index in [0.717, 1.165) is 17.5 Å². The topological polar surface area (TPSA) is 99.3 Å². The van der Waals surface area contributed by atoms with Crippen LogP contribution in [0, 0.1) is 0 Å². The van der Waals surface area contributed by atoms with Crippen molar-refractivity contribution >= 4 is 41.1 Å². The predicted molar refractivity (Wildman–Crippen MR) is 127 cm³/mol. The molecule has 1 heterocycles. The standard InChI is InChI=1S/C23H27ClN4O3S/c24-19-9-5-4-8-17(19)14-26-22(31)15-32-23-27-18(13-21(30)28-23)12-20(29)25-11-10-16-6-2-1-3-7-16/h1-9,18,23,27H,10-15H2,(H,25,29)(H,26,31)(H,28,30). The minimum Gasteiger partial charge on any atom is -0.356 e. The van der Waals surface area contributed by atoms with Crippen LogP contribution in [0.1, 0.15) is 24.0 Å². The summed E-state index contributed by atoms with van der Waals surface area (Å²) in [4.78, 5) is 36.5. The van der Waals surface area contributed by atoms with Crippen LogP contribution >= 0.6 is 23.4 Å². The van der Waals surface area contributed by atoms with Crippen LogP contribution in [0.5, 0.6) is 0 Å². The van der Waals surface area contributed by atoms with Crippen LogP contribution in [0.25, 0.3) is 0 Å². The van der Waals surface area contributed by atoms with Crippen molar-refractivity contribution in [1.29, 1.82) is 0 Å². The second-order valence-electron chi connectivity index (χ2n) is 7.48. The Kier molecular flexibility index (Phi) is 9.40. The Morgan fingerprint density at radius 3 is 2.56 bits per heavy atom. The zero-order valence-electron chi connectivity index (χ0n) is 17.6. The van der Waals surface area contributed by atoms with Crippen molar-refractivity contribution in [3.63, 3.8) is 0 Å². The van der Waals surface area contributed by atoms with Gasteiger partial charge in [0.15, 0.2) is 0 Å². The second-order valence-corrected chi connectivity index (χ2v) is 8.98. The van der Waals surface area contributed by atoms with E-state index < -0.39 is 5.50 Å². The first-order chi connectivity index (χ1) is 15.5. The van der Waals surface area contributed by atoms with Crippen LogP contribution < -0.4 is 21.3 Å². The summed E-state index contributed by atoms with van der Waals surface area (Å²) in [5.74, 6) is -0.237. The molecule has 0 radical (unpaired) electrons. The van der Waals surface area contributed by atoms with E-state index in [2.05, 4.69) is 21.3 Å². The van der Waals surface area contributed by atoms with Crippen LogP contribution in [0.4, 0.5) is 0 Å². The van der Waals surface area contributed by atoms with Crippen LogP contribution in [0.15, 0.2) is 54.6 Å². The maximum Gasteiger partial charge on any atom is 0.230 e. The van der Waals surface area contributed by atoms with Crippen molar-refractivity contribution in [2.45, 2.75) is 37.3 Å². The molecule has 0 aromatic heterocycles. The van der Waals surface area contributed by atoms with Gasteiger partial charge in [0.1, 0.15) is 5.50 Å². The minimum absolute atomic E-state index is 0.102. The quantitative estimate of drug-likeness (QED) is 0.423. The molecule has 0 spiro atoms. The molecule has 0 bridgehead atoms. The van der Waals surface area contributed by atoms with Gasteiger partial charge in [-0.2, -0.15) is 0 Å². The Morgan fingerprint density at radius 2 is 1.78 bits per heavy atom. The Morgan fingerprint density at radius 1 is 1.03 bits per heavy atom. The summed E-state index contributed by atoms with van der Waals surface area (Å²) in [7, 11) is 0. The summed E-state index contributed by atoms with van der Waals surface area (Å²) in [5, 5.41) is 12.4. The third kappa shape index (κ3) is 8.18. The molecule has 4 N–H and O–H groups in total. The predicted octanol–water partition coefficient (Wildman–Crippen LogP) is 2.20. The number of thioether (sulfide) groups is 1. The molecule has 0 saturated carbocycles. The number of carbonyl (C=O) groups excluding carboxylic acids is 3. The van der Waals surface area contributed by atoms with Gasteiger partial charge >= 0.3 is 0 Å². The third-order valence-corrected chi connectivity index (χ3v) is 6.32. The van der Waals surface area contributed by atoms with E-state index in [4.69, 9.17) is 11.6 Å². The van der Waals surface area contributed by atoms with Crippen molar-refractivity contribution in [3.8, 4) is 0 Å². The molecule has 3 rings (SSSR count). The summed E-state index contributed by atoms with van der Waals surface area (Å²) in [6.45, 7) is 0.890. The molecular formula is C23H27ClN4O3S. The van der Waals surface area contributed by atoms with Gasteiger partial charge in [-0.3, -0.25) is 19.7 Å². The monoisotopic (exact) mass is 474 g/mol. The van der Waals surface area contributed by atoms with Crippen LogP contribution in [-0.4, -0.2) is 41.6 Å². The Labute approximate surface area is 197 Å². The van der Waals surface area contributed by atoms with Crippen LogP contribution in [0.3, 0.4) is 0 Å². The van der Waals surface area contributed by atoms with Gasteiger partial charge in [0, 0.05) is 37.0 Å². The zero-order chi connectivity index (χ0) is 22.8. The maximum absolute atomic E-state index is 12.3. The van der Waals surface area contributed by atoms with Gasteiger partial charge < -0.3 is 16.0 Å². The Hall–Kier alpha value is -2.55. The van der Waals surface area contributed by atoms with Gasteiger partial charge in [-0.1, -0.05) is 60.1 Å². The zero-order valence-corrected chi connectivity index (χ0v) is 19.2. The first kappa shape index (κ1) is 24.1. The fraction of sp³-hybridized carbons (Fsp3) is 0.348. The normalized spacial score (nSPS) is 18.0. The fourth-order valence-electron chi connectivity index (χ4n) is 3.30. The van der Waals surface area contributed by atoms with Gasteiger partial charge in [0.05, 0.1) is 5.75 Å². The number of rotatable bonds is 10. The van der Waals surface area contributed by atoms with Crippen molar-refractivity contribution in [1.82, 2.24) is 21.3 Å². The number of carbonyl (C=O) groups is 3. The van der Waals surface area contributed by atoms with Gasteiger partial charge in [0.2, 0.25) is 17.7 Å². The van der Waals surface area contributed by atoms with Gasteiger partial charge in [0.25, 0.3) is 0 Å². The highest BCUT2D eigenvalue weighted by molar-refractivity contribution is 8.00. The summed E-state index contributed by atoms with van der Waals surface area (Å²) >= 11 is 7.37. The minimum atomic E-state index is -0.426. The lowest BCUT2D eigenvalue weighted by Gasteiger charge is -2.30. The molecule has 2 aromatic carbocycles. The van der Waals surface area contributed by atoms with Crippen molar-refractivity contribution < 1.29 is 14.4 Å². The van der Waals surface area contributed by atoms with Gasteiger partial charge in [-0.05, 0) is 23.6 Å². The SMILES string of the molecule is O=C(CSC1NC(=O)CC(CC(=O)NCCc2ccccc2)N1)NCc1ccccc1Cl. The van der Waals surface area contributed by atoms with Gasteiger partial charge in [-0.15, -0.1) is 11.8 Å². The number of nitrogens with one attached hydrogen (secondary N) is 4. The molecule has 9 heteroatoms.